The van der Waals surface area contributed by atoms with E-state index in [1.807, 2.05) is 11.3 Å². The van der Waals surface area contributed by atoms with Crippen LogP contribution in [-0.2, 0) is 0 Å². The van der Waals surface area contributed by atoms with Crippen LogP contribution in [0.5, 0.6) is 0 Å². The summed E-state index contributed by atoms with van der Waals surface area (Å²) < 4.78 is 14.9. The molecule has 2 aromatic heterocycles. The van der Waals surface area contributed by atoms with E-state index in [4.69, 9.17) is 0 Å². The lowest BCUT2D eigenvalue weighted by Crippen LogP contribution is -1.98. The third kappa shape index (κ3) is 1.77. The molecule has 18 heavy (non-hydrogen) atoms. The number of benzene rings is 1. The van der Waals surface area contributed by atoms with Crippen LogP contribution < -0.4 is 5.32 Å². The second-order valence-corrected chi connectivity index (χ2v) is 3.85. The highest BCUT2D eigenvalue weighted by atomic mass is 19.1. The Labute approximate surface area is 102 Å². The lowest BCUT2D eigenvalue weighted by atomic mass is 10.3. The van der Waals surface area contributed by atoms with Crippen LogP contribution in [0.15, 0.2) is 36.7 Å². The van der Waals surface area contributed by atoms with Crippen LogP contribution in [0.3, 0.4) is 0 Å². The standard InChI is InChI=1S/C12H10FN5/c1-8-16-17-12-11(14-5-6-18(8)12)15-10-4-2-3-9(13)7-10/h2-7H,1H3,(H,14,15). The van der Waals surface area contributed by atoms with Gasteiger partial charge in [-0.15, -0.1) is 10.2 Å². The highest BCUT2D eigenvalue weighted by molar-refractivity contribution is 5.69. The second-order valence-electron chi connectivity index (χ2n) is 3.85. The molecule has 5 nitrogen and oxygen atoms in total. The third-order valence-electron chi connectivity index (χ3n) is 2.58. The summed E-state index contributed by atoms with van der Waals surface area (Å²) in [6, 6.07) is 6.18. The Kier molecular flexibility index (Phi) is 2.40. The minimum atomic E-state index is -0.301. The van der Waals surface area contributed by atoms with Crippen LogP contribution in [0.25, 0.3) is 5.65 Å². The van der Waals surface area contributed by atoms with E-state index in [2.05, 4.69) is 20.5 Å². The van der Waals surface area contributed by atoms with Crippen molar-refractivity contribution in [2.75, 3.05) is 5.32 Å². The van der Waals surface area contributed by atoms with Crippen LogP contribution in [0.4, 0.5) is 15.9 Å². The summed E-state index contributed by atoms with van der Waals surface area (Å²) in [5.74, 6) is 1.02. The van der Waals surface area contributed by atoms with Crippen LogP contribution in [-0.4, -0.2) is 19.6 Å². The Hall–Kier alpha value is -2.50. The molecule has 0 saturated carbocycles. The zero-order valence-electron chi connectivity index (χ0n) is 9.63. The Balaban J connectivity index is 2.05. The first-order valence-corrected chi connectivity index (χ1v) is 5.43. The molecule has 2 heterocycles. The quantitative estimate of drug-likeness (QED) is 0.750. The van der Waals surface area contributed by atoms with E-state index in [0.29, 0.717) is 17.2 Å². The minimum Gasteiger partial charge on any atom is -0.337 e. The van der Waals surface area contributed by atoms with E-state index < -0.39 is 0 Å². The Bertz CT molecular complexity index is 707. The van der Waals surface area contributed by atoms with Gasteiger partial charge in [-0.25, -0.2) is 9.37 Å². The summed E-state index contributed by atoms with van der Waals surface area (Å²) in [5, 5.41) is 11.0. The van der Waals surface area contributed by atoms with Crippen LogP contribution in [0, 0.1) is 12.7 Å². The Morgan fingerprint density at radius 3 is 3.00 bits per heavy atom. The summed E-state index contributed by atoms with van der Waals surface area (Å²) >= 11 is 0. The van der Waals surface area contributed by atoms with Crippen molar-refractivity contribution in [1.82, 2.24) is 19.6 Å². The van der Waals surface area contributed by atoms with Crippen molar-refractivity contribution in [2.24, 2.45) is 0 Å². The number of nitrogens with one attached hydrogen (secondary N) is 1. The van der Waals surface area contributed by atoms with Crippen molar-refractivity contribution in [1.29, 1.82) is 0 Å². The van der Waals surface area contributed by atoms with Crippen LogP contribution in [0.2, 0.25) is 0 Å². The average Bonchev–Trinajstić information content (AvgIpc) is 2.73. The molecule has 0 amide bonds. The van der Waals surface area contributed by atoms with E-state index in [0.717, 1.165) is 5.82 Å². The van der Waals surface area contributed by atoms with Crippen molar-refractivity contribution in [3.8, 4) is 0 Å². The predicted octanol–water partition coefficient (Wildman–Crippen LogP) is 2.32. The van der Waals surface area contributed by atoms with E-state index >= 15 is 0 Å². The molecule has 1 N–H and O–H groups in total. The van der Waals surface area contributed by atoms with Gasteiger partial charge in [0.25, 0.3) is 0 Å². The molecular weight excluding hydrogens is 233 g/mol. The predicted molar refractivity (Wildman–Crippen MR) is 65.2 cm³/mol. The molecule has 1 aromatic carbocycles. The molecule has 0 aliphatic heterocycles. The number of hydrogen-bond donors (Lipinski definition) is 1. The molecule has 3 rings (SSSR count). The van der Waals surface area contributed by atoms with E-state index in [9.17, 15) is 4.39 Å². The maximum atomic E-state index is 13.1. The first-order valence-electron chi connectivity index (χ1n) is 5.43. The van der Waals surface area contributed by atoms with E-state index in [1.54, 1.807) is 24.5 Å². The van der Waals surface area contributed by atoms with Crippen molar-refractivity contribution >= 4 is 17.2 Å². The number of anilines is 2. The van der Waals surface area contributed by atoms with Gasteiger partial charge in [0.15, 0.2) is 5.82 Å². The summed E-state index contributed by atoms with van der Waals surface area (Å²) in [6.07, 6.45) is 3.42. The van der Waals surface area contributed by atoms with Gasteiger partial charge >= 0.3 is 0 Å². The zero-order valence-corrected chi connectivity index (χ0v) is 9.63. The first-order chi connectivity index (χ1) is 8.74. The number of aryl methyl sites for hydroxylation is 1. The van der Waals surface area contributed by atoms with Crippen LogP contribution in [0.1, 0.15) is 5.82 Å². The third-order valence-corrected chi connectivity index (χ3v) is 2.58. The number of aromatic nitrogens is 4. The normalized spacial score (nSPS) is 10.8. The van der Waals surface area contributed by atoms with Crippen molar-refractivity contribution in [2.45, 2.75) is 6.92 Å². The summed E-state index contributed by atoms with van der Waals surface area (Å²) in [4.78, 5) is 4.19. The van der Waals surface area contributed by atoms with Crippen molar-refractivity contribution in [3.05, 3.63) is 48.3 Å². The fourth-order valence-corrected chi connectivity index (χ4v) is 1.73. The largest absolute Gasteiger partial charge is 0.337 e. The molecule has 0 bridgehead atoms. The SMILES string of the molecule is Cc1nnc2c(Nc3cccc(F)c3)nccn12. The Morgan fingerprint density at radius 1 is 1.28 bits per heavy atom. The maximum Gasteiger partial charge on any atom is 0.204 e. The van der Waals surface area contributed by atoms with Crippen LogP contribution >= 0.6 is 0 Å². The number of fused-ring (bicyclic) bond motifs is 1. The number of halogens is 1. The highest BCUT2D eigenvalue weighted by Crippen LogP contribution is 2.18. The first kappa shape index (κ1) is 10.6. The van der Waals surface area contributed by atoms with E-state index in [-0.39, 0.29) is 5.82 Å². The molecule has 0 fully saturated rings. The van der Waals surface area contributed by atoms with Gasteiger partial charge < -0.3 is 5.32 Å². The van der Waals surface area contributed by atoms with Gasteiger partial charge in [-0.3, -0.25) is 4.40 Å². The van der Waals surface area contributed by atoms with Gasteiger partial charge in [-0.05, 0) is 25.1 Å². The van der Waals surface area contributed by atoms with Gasteiger partial charge in [0.1, 0.15) is 11.6 Å². The topological polar surface area (TPSA) is 55.1 Å². The number of nitrogens with zero attached hydrogens (tertiary/aromatic N) is 4. The summed E-state index contributed by atoms with van der Waals surface area (Å²) in [7, 11) is 0. The molecule has 0 aliphatic rings. The van der Waals surface area contributed by atoms with Gasteiger partial charge in [-0.2, -0.15) is 0 Å². The zero-order chi connectivity index (χ0) is 12.5. The number of rotatable bonds is 2. The van der Waals surface area contributed by atoms with Crippen molar-refractivity contribution < 1.29 is 4.39 Å². The van der Waals surface area contributed by atoms with Gasteiger partial charge in [0, 0.05) is 18.1 Å². The highest BCUT2D eigenvalue weighted by Gasteiger charge is 2.07. The van der Waals surface area contributed by atoms with Gasteiger partial charge in [0.05, 0.1) is 0 Å². The molecule has 0 radical (unpaired) electrons. The monoisotopic (exact) mass is 243 g/mol. The molecule has 6 heteroatoms. The molecule has 0 atom stereocenters. The number of hydrogen-bond acceptors (Lipinski definition) is 4. The molecule has 0 spiro atoms. The summed E-state index contributed by atoms with van der Waals surface area (Å²) in [5.41, 5.74) is 1.23. The smallest absolute Gasteiger partial charge is 0.204 e. The lowest BCUT2D eigenvalue weighted by molar-refractivity contribution is 0.628. The summed E-state index contributed by atoms with van der Waals surface area (Å²) in [6.45, 7) is 1.85. The molecule has 0 unspecified atom stereocenters. The molecule has 0 saturated heterocycles. The molecule has 3 aromatic rings. The van der Waals surface area contributed by atoms with Crippen molar-refractivity contribution in [3.63, 3.8) is 0 Å². The molecular formula is C12H10FN5. The van der Waals surface area contributed by atoms with Gasteiger partial charge in [-0.1, -0.05) is 6.07 Å². The van der Waals surface area contributed by atoms with Gasteiger partial charge in [0.2, 0.25) is 5.65 Å². The molecule has 90 valence electrons. The fraction of sp³-hybridized carbons (Fsp3) is 0.0833. The maximum absolute atomic E-state index is 13.1. The minimum absolute atomic E-state index is 0.301. The average molecular weight is 243 g/mol. The Morgan fingerprint density at radius 2 is 2.17 bits per heavy atom. The second kappa shape index (κ2) is 4.06. The van der Waals surface area contributed by atoms with E-state index in [1.165, 1.54) is 12.1 Å². The lowest BCUT2D eigenvalue weighted by Gasteiger charge is -2.06. The molecule has 0 aliphatic carbocycles. The fourth-order valence-electron chi connectivity index (χ4n) is 1.73.